The number of esters is 8. The van der Waals surface area contributed by atoms with Crippen LogP contribution in [-0.2, 0) is 137 Å². The van der Waals surface area contributed by atoms with Crippen molar-refractivity contribution in [3.8, 4) is 0 Å². The molecule has 10 N–H and O–H groups in total. The van der Waals surface area contributed by atoms with E-state index in [2.05, 4.69) is 122 Å². The summed E-state index contributed by atoms with van der Waals surface area (Å²) in [7, 11) is 0. The molecule has 0 saturated carbocycles. The first-order valence-electron chi connectivity index (χ1n) is 51.9. The maximum atomic E-state index is 11.8. The Morgan fingerprint density at radius 2 is 0.521 bits per heavy atom. The number of Topliss-reactive ketones (excluding diaryl/α,β-unsaturated/α-hetero) is 2. The van der Waals surface area contributed by atoms with Crippen LogP contribution in [0.15, 0.2) is 85.0 Å². The SMILES string of the molecule is CCCC(=O)N[C@@H]1CCOC1=O.CCCCCC(=O)N[C@@H]1CCOC1=O.CCCCCCCCCC(=O)CC(=O)N[C@@H]1CCOC1=O.CCCCCCCCCCCC(=O)CC(=O)N[C@@H]1CCOC1=O.O=C(CC1C=CCC1)NC1CCOC1=O.O=C(CC1C=CCC1)N[C@@H]1CCOC1=O.O=C(CCCc1cc2ccccc2[nH]1)NC1CCOC1=O.O=C(CCCc1cc2ccccc2[nH]1)N[C@@H]1CCOC1=O. The molecule has 8 amide bonds. The average Bonchev–Trinajstić information content (AvgIpc) is 1.70. The molecule has 10 aliphatic rings. The Hall–Kier alpha value is -12.1. The van der Waals surface area contributed by atoms with Crippen molar-refractivity contribution in [2.75, 3.05) is 52.9 Å². The molecule has 8 aliphatic heterocycles. The van der Waals surface area contributed by atoms with E-state index in [1.54, 1.807) is 0 Å². The number of carbonyl (C=O) groups excluding carboxylic acids is 18. The molecular formula is C106H154N10O26. The highest BCUT2D eigenvalue weighted by Crippen LogP contribution is 2.25. The number of fused-ring (bicyclic) bond motifs is 2. The molecule has 0 spiro atoms. The van der Waals surface area contributed by atoms with Crippen molar-refractivity contribution in [2.45, 2.75) is 371 Å². The van der Waals surface area contributed by atoms with Gasteiger partial charge in [0.25, 0.3) is 0 Å². The fraction of sp³-hybridized carbons (Fsp3) is 0.642. The number of unbranched alkanes of at least 4 members (excludes halogenated alkanes) is 16. The monoisotopic (exact) mass is 1980 g/mol. The van der Waals surface area contributed by atoms with Gasteiger partial charge in [0.15, 0.2) is 0 Å². The van der Waals surface area contributed by atoms with Crippen LogP contribution in [0.25, 0.3) is 21.8 Å². The fourth-order valence-electron chi connectivity index (χ4n) is 16.9. The van der Waals surface area contributed by atoms with Crippen molar-refractivity contribution >= 4 is 128 Å². The van der Waals surface area contributed by atoms with E-state index in [-0.39, 0.29) is 107 Å². The minimum Gasteiger partial charge on any atom is -0.464 e. The lowest BCUT2D eigenvalue weighted by molar-refractivity contribution is -0.142. The van der Waals surface area contributed by atoms with Crippen molar-refractivity contribution in [3.05, 3.63) is 96.4 Å². The first-order valence-corrected chi connectivity index (χ1v) is 51.9. The summed E-state index contributed by atoms with van der Waals surface area (Å²) < 4.78 is 38.1. The number of nitrogens with one attached hydrogen (secondary N) is 10. The molecule has 4 aromatic rings. The second-order valence-electron chi connectivity index (χ2n) is 37.1. The van der Waals surface area contributed by atoms with Crippen LogP contribution in [0.4, 0.5) is 0 Å². The molecule has 4 unspecified atom stereocenters. The van der Waals surface area contributed by atoms with E-state index in [0.717, 1.165) is 132 Å². The number of aromatic amines is 2. The standard InChI is InChI=1S/C18H31NO4.2C16H18N2O3.C16H27NO4.2C11H15NO3.C10H17NO3.C8H13NO3/c1-2-3-4-5-6-7-8-9-10-11-15(20)14-17(21)19-16-12-13-23-18(16)22;2*19-15(18-14-8-9-21-16(14)20)7-3-5-12-10-11-4-1-2-6-13(11)17-12;1-2-3-4-5-6-7-8-9-13(18)12-15(19)17-14-10-11-21-16(14)20;2*13-10(7-8-3-1-2-4-8)12-9-5-6-15-11(9)14;1-2-3-4-5-9(12)11-8-6-7-14-10(8)13;1-2-3-7(10)9-6-4-5-12-8(6)11/h16H,2-14H2,1H3,(H,19,21);2*1-2,4,6,10,14,17H,3,5,7-9H2,(H,18,19);14H,2-12H2,1H3,(H,17,19);2*1,3,8-9H,2,4-7H2,(H,12,13);8H,2-7H2,1H3,(H,11,12);6H,2-5H2,1H3,(H,9,10)/t16-;14-;;14-;8?,9-;;8-;6-/m11.11.11/s1. The molecule has 142 heavy (non-hydrogen) atoms. The smallest absolute Gasteiger partial charge is 0.328 e. The van der Waals surface area contributed by atoms with Gasteiger partial charge in [-0.25, -0.2) is 38.4 Å². The largest absolute Gasteiger partial charge is 0.464 e. The maximum absolute atomic E-state index is 11.8. The number of hydrogen-bond acceptors (Lipinski definition) is 26. The molecule has 8 saturated heterocycles. The Bertz CT molecular complexity index is 4510. The summed E-state index contributed by atoms with van der Waals surface area (Å²) in [5.74, 6) is -3.15. The Balaban J connectivity index is 0.000000222. The highest BCUT2D eigenvalue weighted by molar-refractivity contribution is 6.00. The van der Waals surface area contributed by atoms with Gasteiger partial charge in [0.2, 0.25) is 47.3 Å². The van der Waals surface area contributed by atoms with E-state index in [9.17, 15) is 86.3 Å². The van der Waals surface area contributed by atoms with Crippen molar-refractivity contribution in [2.24, 2.45) is 11.8 Å². The van der Waals surface area contributed by atoms with Crippen molar-refractivity contribution in [1.29, 1.82) is 0 Å². The Kier molecular flexibility index (Phi) is 56.0. The summed E-state index contributed by atoms with van der Waals surface area (Å²) >= 11 is 0. The molecule has 14 rings (SSSR count). The van der Waals surface area contributed by atoms with Gasteiger partial charge in [-0.15, -0.1) is 0 Å². The van der Waals surface area contributed by atoms with E-state index in [1.807, 2.05) is 43.3 Å². The number of aromatic nitrogens is 2. The number of rotatable bonds is 48. The molecule has 36 heteroatoms. The van der Waals surface area contributed by atoms with Crippen LogP contribution in [0.2, 0.25) is 0 Å². The van der Waals surface area contributed by atoms with Gasteiger partial charge in [0.1, 0.15) is 59.9 Å². The number of ketones is 2. The number of cyclic esters (lactones) is 8. The molecule has 36 nitrogen and oxygen atoms in total. The fourth-order valence-corrected chi connectivity index (χ4v) is 16.9. The lowest BCUT2D eigenvalue weighted by Crippen LogP contribution is -2.38. The van der Waals surface area contributed by atoms with Crippen LogP contribution in [0.3, 0.4) is 0 Å². The molecule has 8 fully saturated rings. The lowest BCUT2D eigenvalue weighted by atomic mass is 10.0. The van der Waals surface area contributed by atoms with Crippen LogP contribution in [0.5, 0.6) is 0 Å². The first-order chi connectivity index (χ1) is 68.7. The van der Waals surface area contributed by atoms with E-state index >= 15 is 0 Å². The highest BCUT2D eigenvalue weighted by Gasteiger charge is 2.35. The number of amides is 8. The molecule has 2 aromatic carbocycles. The summed E-state index contributed by atoms with van der Waals surface area (Å²) in [5.41, 5.74) is 4.49. The van der Waals surface area contributed by atoms with Gasteiger partial charge in [-0.1, -0.05) is 191 Å². The number of ether oxygens (including phenoxy) is 8. The minimum absolute atomic E-state index is 0.0395. The van der Waals surface area contributed by atoms with Gasteiger partial charge in [-0.3, -0.25) is 47.9 Å². The second kappa shape index (κ2) is 68.1. The van der Waals surface area contributed by atoms with Gasteiger partial charge in [-0.2, -0.15) is 0 Å². The molecular weight excluding hydrogens is 1830 g/mol. The number of allylic oxidation sites excluding steroid dienone is 4. The van der Waals surface area contributed by atoms with Crippen LogP contribution < -0.4 is 42.5 Å². The van der Waals surface area contributed by atoms with E-state index < -0.39 is 60.3 Å². The predicted octanol–water partition coefficient (Wildman–Crippen LogP) is 12.4. The molecule has 784 valence electrons. The number of aryl methyl sites for hydroxylation is 2. The first kappa shape index (κ1) is 117. The number of benzene rings is 2. The molecule has 0 radical (unpaired) electrons. The summed E-state index contributed by atoms with van der Waals surface area (Å²) in [6.07, 6.45) is 46.5. The molecule has 2 aliphatic carbocycles. The van der Waals surface area contributed by atoms with Gasteiger partial charge >= 0.3 is 47.8 Å². The van der Waals surface area contributed by atoms with E-state index in [1.165, 1.54) is 81.4 Å². The summed E-state index contributed by atoms with van der Waals surface area (Å²) in [4.78, 5) is 211. The highest BCUT2D eigenvalue weighted by atomic mass is 16.6. The molecule has 10 atom stereocenters. The van der Waals surface area contributed by atoms with Crippen LogP contribution in [-0.4, -0.2) is 218 Å². The third kappa shape index (κ3) is 47.6. The van der Waals surface area contributed by atoms with Gasteiger partial charge in [0.05, 0.1) is 65.7 Å². The third-order valence-electron chi connectivity index (χ3n) is 25.0. The lowest BCUT2D eigenvalue weighted by Gasteiger charge is -2.11. The van der Waals surface area contributed by atoms with Gasteiger partial charge in [0, 0.05) is 125 Å². The van der Waals surface area contributed by atoms with Crippen LogP contribution >= 0.6 is 0 Å². The Morgan fingerprint density at radius 1 is 0.275 bits per heavy atom. The minimum atomic E-state index is -0.567. The zero-order chi connectivity index (χ0) is 102. The van der Waals surface area contributed by atoms with Crippen molar-refractivity contribution in [3.63, 3.8) is 0 Å². The van der Waals surface area contributed by atoms with Gasteiger partial charge in [-0.05, 0) is 124 Å². The predicted molar refractivity (Wildman–Crippen MR) is 528 cm³/mol. The van der Waals surface area contributed by atoms with Gasteiger partial charge < -0.3 is 90.4 Å². The summed E-state index contributed by atoms with van der Waals surface area (Å²) in [6, 6.07) is 16.8. The number of para-hydroxylation sites is 2. The topological polar surface area (TPSA) is 509 Å². The molecule has 2 aromatic heterocycles. The summed E-state index contributed by atoms with van der Waals surface area (Å²) in [6.45, 7) is 11.6. The third-order valence-corrected chi connectivity index (χ3v) is 25.0. The van der Waals surface area contributed by atoms with E-state index in [0.29, 0.717) is 167 Å². The average molecular weight is 1980 g/mol. The van der Waals surface area contributed by atoms with Crippen molar-refractivity contribution < 1.29 is 124 Å². The zero-order valence-corrected chi connectivity index (χ0v) is 83.7. The number of hydrogen-bond donors (Lipinski definition) is 10. The molecule has 0 bridgehead atoms. The number of carbonyl (C=O) groups is 18. The quantitative estimate of drug-likeness (QED) is 0.00645. The second-order valence-corrected chi connectivity index (χ2v) is 37.1. The summed E-state index contributed by atoms with van der Waals surface area (Å²) in [5, 5.41) is 23.6. The zero-order valence-electron chi connectivity index (χ0n) is 83.7. The van der Waals surface area contributed by atoms with Crippen LogP contribution in [0.1, 0.15) is 322 Å². The Morgan fingerprint density at radius 3 is 0.782 bits per heavy atom. The van der Waals surface area contributed by atoms with Crippen LogP contribution in [0, 0.1) is 11.8 Å². The molecule has 10 heterocycles. The Labute approximate surface area is 833 Å². The van der Waals surface area contributed by atoms with Crippen molar-refractivity contribution in [1.82, 2.24) is 52.5 Å². The normalized spacial score (nSPS) is 20.7. The maximum Gasteiger partial charge on any atom is 0.328 e. The van der Waals surface area contributed by atoms with E-state index in [4.69, 9.17) is 37.9 Å². The number of H-pyrrole nitrogens is 2.